The van der Waals surface area contributed by atoms with E-state index in [0.29, 0.717) is 29.7 Å². The number of hydrogen-bond donors (Lipinski definition) is 0. The van der Waals surface area contributed by atoms with Crippen LogP contribution >= 0.6 is 34.8 Å². The molecule has 1 aromatic rings. The van der Waals surface area contributed by atoms with Gasteiger partial charge in [-0.25, -0.2) is 0 Å². The number of halogens is 3. The maximum absolute atomic E-state index is 6.09. The molecule has 0 spiro atoms. The summed E-state index contributed by atoms with van der Waals surface area (Å²) in [6, 6.07) is 5.38. The fourth-order valence-corrected chi connectivity index (χ4v) is 1.89. The van der Waals surface area contributed by atoms with Gasteiger partial charge in [-0.1, -0.05) is 23.2 Å². The van der Waals surface area contributed by atoms with E-state index in [9.17, 15) is 0 Å². The predicted octanol–water partition coefficient (Wildman–Crippen LogP) is 4.18. The van der Waals surface area contributed by atoms with Crippen LogP contribution in [0.3, 0.4) is 0 Å². The number of alkyl halides is 1. The number of rotatable bonds is 5. The van der Waals surface area contributed by atoms with Crippen LogP contribution in [0.5, 0.6) is 0 Å². The minimum Gasteiger partial charge on any atom is -0.380 e. The Hall–Kier alpha value is 0.0500. The summed E-state index contributed by atoms with van der Waals surface area (Å²) in [5.41, 5.74) is 0.962. The minimum atomic E-state index is -0.0686. The smallest absolute Gasteiger partial charge is 0.0633 e. The van der Waals surface area contributed by atoms with Crippen LogP contribution in [-0.4, -0.2) is 18.6 Å². The molecule has 1 aromatic carbocycles. The highest BCUT2D eigenvalue weighted by atomic mass is 35.5. The van der Waals surface area contributed by atoms with Crippen LogP contribution in [0.2, 0.25) is 10.0 Å². The van der Waals surface area contributed by atoms with Crippen molar-refractivity contribution in [2.75, 3.05) is 13.2 Å². The highest BCUT2D eigenvalue weighted by molar-refractivity contribution is 6.33. The summed E-state index contributed by atoms with van der Waals surface area (Å²) in [6.45, 7) is 3.14. The molecule has 15 heavy (non-hydrogen) atoms. The van der Waals surface area contributed by atoms with Gasteiger partial charge >= 0.3 is 0 Å². The van der Waals surface area contributed by atoms with Crippen LogP contribution in [0.15, 0.2) is 18.2 Å². The Morgan fingerprint density at radius 2 is 2.07 bits per heavy atom. The van der Waals surface area contributed by atoms with Crippen molar-refractivity contribution in [1.29, 1.82) is 0 Å². The summed E-state index contributed by atoms with van der Waals surface area (Å²) in [5, 5.41) is 1.30. The van der Waals surface area contributed by atoms with Crippen molar-refractivity contribution in [3.63, 3.8) is 0 Å². The van der Waals surface area contributed by atoms with Crippen LogP contribution in [-0.2, 0) is 11.2 Å². The average Bonchev–Trinajstić information content (AvgIpc) is 2.20. The molecule has 0 aliphatic carbocycles. The first-order valence-electron chi connectivity index (χ1n) is 4.79. The largest absolute Gasteiger partial charge is 0.380 e. The fraction of sp³-hybridized carbons (Fsp3) is 0.455. The van der Waals surface area contributed by atoms with Crippen molar-refractivity contribution >= 4 is 34.8 Å². The first-order chi connectivity index (χ1) is 7.13. The molecule has 0 aromatic heterocycles. The molecule has 0 amide bonds. The first kappa shape index (κ1) is 13.1. The third kappa shape index (κ3) is 4.60. The molecule has 0 fully saturated rings. The normalized spacial score (nSPS) is 12.8. The van der Waals surface area contributed by atoms with Gasteiger partial charge in [0.2, 0.25) is 0 Å². The van der Waals surface area contributed by atoms with E-state index in [1.54, 1.807) is 12.1 Å². The Labute approximate surface area is 105 Å². The molecule has 0 N–H and O–H groups in total. The molecular weight excluding hydrogens is 254 g/mol. The number of ether oxygens (including phenoxy) is 1. The van der Waals surface area contributed by atoms with E-state index in [1.165, 1.54) is 0 Å². The molecule has 0 saturated carbocycles. The Balaban J connectivity index is 2.59. The Morgan fingerprint density at radius 3 is 2.73 bits per heavy atom. The molecule has 4 heteroatoms. The third-order valence-electron chi connectivity index (χ3n) is 1.95. The average molecular weight is 268 g/mol. The standard InChI is InChI=1S/C11H13Cl3O/c1-2-15-7-10(13)6-8-5-9(12)3-4-11(8)14/h3-5,10H,2,6-7H2,1H3. The Morgan fingerprint density at radius 1 is 1.33 bits per heavy atom. The summed E-state index contributed by atoms with van der Waals surface area (Å²) in [7, 11) is 0. The maximum Gasteiger partial charge on any atom is 0.0633 e. The van der Waals surface area contributed by atoms with Gasteiger partial charge in [-0.3, -0.25) is 0 Å². The lowest BCUT2D eigenvalue weighted by molar-refractivity contribution is 0.147. The zero-order valence-corrected chi connectivity index (χ0v) is 10.7. The quantitative estimate of drug-likeness (QED) is 0.727. The van der Waals surface area contributed by atoms with Crippen molar-refractivity contribution < 1.29 is 4.74 Å². The van der Waals surface area contributed by atoms with Crippen LogP contribution in [0.25, 0.3) is 0 Å². The van der Waals surface area contributed by atoms with E-state index in [1.807, 2.05) is 13.0 Å². The zero-order chi connectivity index (χ0) is 11.3. The second-order valence-corrected chi connectivity index (χ2v) is 4.66. The van der Waals surface area contributed by atoms with E-state index in [2.05, 4.69) is 0 Å². The van der Waals surface area contributed by atoms with Crippen molar-refractivity contribution in [2.24, 2.45) is 0 Å². The number of hydrogen-bond acceptors (Lipinski definition) is 1. The second-order valence-electron chi connectivity index (χ2n) is 3.20. The van der Waals surface area contributed by atoms with Gasteiger partial charge in [0.05, 0.1) is 12.0 Å². The van der Waals surface area contributed by atoms with Gasteiger partial charge in [0.15, 0.2) is 0 Å². The molecule has 0 radical (unpaired) electrons. The summed E-state index contributed by atoms with van der Waals surface area (Å²) >= 11 is 18.0. The van der Waals surface area contributed by atoms with Crippen molar-refractivity contribution in [2.45, 2.75) is 18.7 Å². The number of benzene rings is 1. The van der Waals surface area contributed by atoms with Crippen molar-refractivity contribution in [3.8, 4) is 0 Å². The van der Waals surface area contributed by atoms with Gasteiger partial charge in [-0.15, -0.1) is 11.6 Å². The van der Waals surface area contributed by atoms with Gasteiger partial charge in [-0.05, 0) is 37.1 Å². The highest BCUT2D eigenvalue weighted by Crippen LogP contribution is 2.23. The van der Waals surface area contributed by atoms with E-state index in [-0.39, 0.29) is 5.38 Å². The fourth-order valence-electron chi connectivity index (χ4n) is 1.24. The third-order valence-corrected chi connectivity index (χ3v) is 2.84. The Bertz CT molecular complexity index is 315. The zero-order valence-electron chi connectivity index (χ0n) is 8.47. The molecule has 1 unspecified atom stereocenters. The molecule has 1 nitrogen and oxygen atoms in total. The summed E-state index contributed by atoms with van der Waals surface area (Å²) in [4.78, 5) is 0. The lowest BCUT2D eigenvalue weighted by Crippen LogP contribution is -2.12. The van der Waals surface area contributed by atoms with Gasteiger partial charge in [0.1, 0.15) is 0 Å². The molecule has 1 atom stereocenters. The molecule has 0 saturated heterocycles. The van der Waals surface area contributed by atoms with E-state index < -0.39 is 0 Å². The topological polar surface area (TPSA) is 9.23 Å². The van der Waals surface area contributed by atoms with E-state index in [0.717, 1.165) is 5.56 Å². The monoisotopic (exact) mass is 266 g/mol. The predicted molar refractivity (Wildman–Crippen MR) is 66.3 cm³/mol. The van der Waals surface area contributed by atoms with E-state index >= 15 is 0 Å². The summed E-state index contributed by atoms with van der Waals surface area (Å²) in [5.74, 6) is 0. The van der Waals surface area contributed by atoms with Crippen LogP contribution in [0, 0.1) is 0 Å². The lowest BCUT2D eigenvalue weighted by Gasteiger charge is -2.10. The second kappa shape index (κ2) is 6.59. The highest BCUT2D eigenvalue weighted by Gasteiger charge is 2.09. The van der Waals surface area contributed by atoms with Crippen LogP contribution < -0.4 is 0 Å². The van der Waals surface area contributed by atoms with Crippen LogP contribution in [0.4, 0.5) is 0 Å². The summed E-state index contributed by atoms with van der Waals surface area (Å²) < 4.78 is 5.23. The molecule has 0 bridgehead atoms. The van der Waals surface area contributed by atoms with Gasteiger partial charge in [0, 0.05) is 16.7 Å². The van der Waals surface area contributed by atoms with E-state index in [4.69, 9.17) is 39.5 Å². The maximum atomic E-state index is 6.09. The van der Waals surface area contributed by atoms with Gasteiger partial charge in [-0.2, -0.15) is 0 Å². The van der Waals surface area contributed by atoms with Crippen molar-refractivity contribution in [3.05, 3.63) is 33.8 Å². The molecule has 0 heterocycles. The molecule has 0 aliphatic rings. The minimum absolute atomic E-state index is 0.0686. The van der Waals surface area contributed by atoms with Crippen molar-refractivity contribution in [1.82, 2.24) is 0 Å². The molecule has 0 aliphatic heterocycles. The molecular formula is C11H13Cl3O. The molecule has 84 valence electrons. The lowest BCUT2D eigenvalue weighted by atomic mass is 10.1. The Kier molecular flexibility index (Phi) is 5.77. The van der Waals surface area contributed by atoms with Gasteiger partial charge < -0.3 is 4.74 Å². The molecule has 1 rings (SSSR count). The van der Waals surface area contributed by atoms with Gasteiger partial charge in [0.25, 0.3) is 0 Å². The summed E-state index contributed by atoms with van der Waals surface area (Å²) in [6.07, 6.45) is 0.668. The first-order valence-corrected chi connectivity index (χ1v) is 5.98. The SMILES string of the molecule is CCOCC(Cl)Cc1cc(Cl)ccc1Cl. The van der Waals surface area contributed by atoms with Crippen LogP contribution in [0.1, 0.15) is 12.5 Å².